The van der Waals surface area contributed by atoms with Crippen LogP contribution in [-0.4, -0.2) is 46.7 Å². The Labute approximate surface area is 213 Å². The number of sulfonamides is 1. The highest BCUT2D eigenvalue weighted by Gasteiger charge is 2.34. The smallest absolute Gasteiger partial charge is 0.348 e. The van der Waals surface area contributed by atoms with Gasteiger partial charge in [-0.15, -0.1) is 0 Å². The lowest BCUT2D eigenvalue weighted by Crippen LogP contribution is -2.48. The summed E-state index contributed by atoms with van der Waals surface area (Å²) in [6.07, 6.45) is -0.965. The number of amides is 1. The number of halogens is 1. The van der Waals surface area contributed by atoms with E-state index in [-0.39, 0.29) is 18.0 Å². The number of methoxy groups -OCH3 is 1. The van der Waals surface area contributed by atoms with Crippen LogP contribution in [-0.2, 0) is 24.3 Å². The second kappa shape index (κ2) is 10.5. The molecule has 1 heterocycles. The summed E-state index contributed by atoms with van der Waals surface area (Å²) in [6, 6.07) is 17.5. The van der Waals surface area contributed by atoms with E-state index in [1.54, 1.807) is 55.5 Å². The zero-order chi connectivity index (χ0) is 25.9. The van der Waals surface area contributed by atoms with E-state index in [2.05, 4.69) is 4.72 Å². The minimum atomic E-state index is -3.85. The molecule has 1 aliphatic rings. The fourth-order valence-corrected chi connectivity index (χ4v) is 4.89. The van der Waals surface area contributed by atoms with Crippen molar-refractivity contribution in [3.8, 4) is 11.5 Å². The molecule has 1 aliphatic heterocycles. The van der Waals surface area contributed by atoms with Gasteiger partial charge in [0.05, 0.1) is 24.2 Å². The minimum Gasteiger partial charge on any atom is -0.483 e. The first-order chi connectivity index (χ1) is 17.2. The third kappa shape index (κ3) is 5.55. The summed E-state index contributed by atoms with van der Waals surface area (Å²) in [5.74, 6) is -0.269. The molecule has 0 spiro atoms. The van der Waals surface area contributed by atoms with E-state index in [1.165, 1.54) is 30.2 Å². The van der Waals surface area contributed by atoms with E-state index in [1.807, 2.05) is 0 Å². The lowest BCUT2D eigenvalue weighted by molar-refractivity contribution is -0.148. The molecule has 36 heavy (non-hydrogen) atoms. The molecule has 0 bridgehead atoms. The predicted octanol–water partition coefficient (Wildman–Crippen LogP) is 3.80. The van der Waals surface area contributed by atoms with Gasteiger partial charge in [-0.05, 0) is 67.1 Å². The number of nitrogens with one attached hydrogen (secondary N) is 1. The maximum atomic E-state index is 13.0. The molecule has 1 N–H and O–H groups in total. The summed E-state index contributed by atoms with van der Waals surface area (Å²) in [5, 5.41) is 0.492. The second-order valence-electron chi connectivity index (χ2n) is 7.93. The average molecular weight is 531 g/mol. The van der Waals surface area contributed by atoms with Gasteiger partial charge in [0.15, 0.2) is 6.61 Å². The third-order valence-electron chi connectivity index (χ3n) is 5.44. The van der Waals surface area contributed by atoms with Crippen LogP contribution in [0.4, 0.5) is 11.4 Å². The van der Waals surface area contributed by atoms with Crippen molar-refractivity contribution in [1.82, 2.24) is 0 Å². The summed E-state index contributed by atoms with van der Waals surface area (Å²) in [7, 11) is -2.60. The van der Waals surface area contributed by atoms with Crippen molar-refractivity contribution in [3.63, 3.8) is 0 Å². The molecule has 3 aromatic rings. The molecule has 0 aromatic heterocycles. The minimum absolute atomic E-state index is 0.0294. The van der Waals surface area contributed by atoms with Gasteiger partial charge in [-0.1, -0.05) is 23.7 Å². The first kappa shape index (κ1) is 25.3. The quantitative estimate of drug-likeness (QED) is 0.462. The number of ether oxygens (including phenoxy) is 3. The first-order valence-electron chi connectivity index (χ1n) is 10.8. The van der Waals surface area contributed by atoms with Gasteiger partial charge in [-0.3, -0.25) is 9.52 Å². The van der Waals surface area contributed by atoms with Gasteiger partial charge in [-0.25, -0.2) is 13.2 Å². The van der Waals surface area contributed by atoms with Crippen LogP contribution in [0.1, 0.15) is 5.56 Å². The fourth-order valence-electron chi connectivity index (χ4n) is 3.63. The SMILES string of the molecule is COC(=O)[C@@H]1CN(C(=O)COc2ccc(S(=O)(=O)Nc3ccc(Cl)cc3)cc2C)c2ccccc2O1. The maximum absolute atomic E-state index is 13.0. The Hall–Kier alpha value is -3.76. The lowest BCUT2D eigenvalue weighted by atomic mass is 10.2. The fraction of sp³-hybridized carbons (Fsp3) is 0.200. The van der Waals surface area contributed by atoms with Gasteiger partial charge in [0.1, 0.15) is 11.5 Å². The number of fused-ring (bicyclic) bond motifs is 1. The molecule has 11 heteroatoms. The number of esters is 1. The molecule has 0 fully saturated rings. The van der Waals surface area contributed by atoms with E-state index in [0.29, 0.717) is 33.5 Å². The number of anilines is 2. The largest absolute Gasteiger partial charge is 0.483 e. The van der Waals surface area contributed by atoms with E-state index in [9.17, 15) is 18.0 Å². The number of carbonyl (C=O) groups excluding carboxylic acids is 2. The molecule has 9 nitrogen and oxygen atoms in total. The van der Waals surface area contributed by atoms with Crippen LogP contribution in [0.5, 0.6) is 11.5 Å². The first-order valence-corrected chi connectivity index (χ1v) is 12.7. The van der Waals surface area contributed by atoms with E-state index < -0.39 is 28.0 Å². The van der Waals surface area contributed by atoms with Gasteiger partial charge in [0.2, 0.25) is 6.10 Å². The van der Waals surface area contributed by atoms with E-state index in [0.717, 1.165) is 0 Å². The van der Waals surface area contributed by atoms with Crippen molar-refractivity contribution in [1.29, 1.82) is 0 Å². The number of hydrogen-bond acceptors (Lipinski definition) is 7. The molecule has 4 rings (SSSR count). The van der Waals surface area contributed by atoms with Crippen LogP contribution in [0.25, 0.3) is 0 Å². The Morgan fingerprint density at radius 3 is 2.53 bits per heavy atom. The van der Waals surface area contributed by atoms with Crippen LogP contribution in [0.2, 0.25) is 5.02 Å². The van der Waals surface area contributed by atoms with Gasteiger partial charge < -0.3 is 19.1 Å². The number of hydrogen-bond donors (Lipinski definition) is 1. The summed E-state index contributed by atoms with van der Waals surface area (Å²) >= 11 is 5.85. The Balaban J connectivity index is 1.46. The lowest BCUT2D eigenvalue weighted by Gasteiger charge is -2.33. The number of para-hydroxylation sites is 2. The maximum Gasteiger partial charge on any atom is 0.348 e. The molecule has 0 saturated heterocycles. The van der Waals surface area contributed by atoms with Crippen molar-refractivity contribution in [2.45, 2.75) is 17.9 Å². The number of nitrogens with zero attached hydrogens (tertiary/aromatic N) is 1. The van der Waals surface area contributed by atoms with Crippen molar-refractivity contribution >= 4 is 44.9 Å². The molecule has 3 aromatic carbocycles. The van der Waals surface area contributed by atoms with Gasteiger partial charge >= 0.3 is 5.97 Å². The van der Waals surface area contributed by atoms with Crippen LogP contribution < -0.4 is 19.1 Å². The normalized spacial score (nSPS) is 14.9. The molecular weight excluding hydrogens is 508 g/mol. The number of aryl methyl sites for hydroxylation is 1. The summed E-state index contributed by atoms with van der Waals surface area (Å²) in [6.45, 7) is 1.31. The summed E-state index contributed by atoms with van der Waals surface area (Å²) in [5.41, 5.74) is 1.41. The highest BCUT2D eigenvalue weighted by molar-refractivity contribution is 7.92. The van der Waals surface area contributed by atoms with Crippen molar-refractivity contribution < 1.29 is 32.2 Å². The number of benzene rings is 3. The van der Waals surface area contributed by atoms with Crippen LogP contribution in [0, 0.1) is 6.92 Å². The molecular formula is C25H23ClN2O7S. The van der Waals surface area contributed by atoms with Crippen LogP contribution in [0.3, 0.4) is 0 Å². The molecule has 0 saturated carbocycles. The van der Waals surface area contributed by atoms with Crippen molar-refractivity contribution in [2.75, 3.05) is 29.9 Å². The summed E-state index contributed by atoms with van der Waals surface area (Å²) in [4.78, 5) is 26.5. The molecule has 0 aliphatic carbocycles. The van der Waals surface area contributed by atoms with Crippen molar-refractivity contribution in [2.24, 2.45) is 0 Å². The molecule has 1 amide bonds. The highest BCUT2D eigenvalue weighted by atomic mass is 35.5. The average Bonchev–Trinajstić information content (AvgIpc) is 2.87. The Kier molecular flexibility index (Phi) is 7.37. The van der Waals surface area contributed by atoms with Crippen molar-refractivity contribution in [3.05, 3.63) is 77.3 Å². The number of carbonyl (C=O) groups is 2. The molecule has 188 valence electrons. The topological polar surface area (TPSA) is 111 Å². The molecule has 0 unspecified atom stereocenters. The second-order valence-corrected chi connectivity index (χ2v) is 10.0. The summed E-state index contributed by atoms with van der Waals surface area (Å²) < 4.78 is 44.1. The zero-order valence-electron chi connectivity index (χ0n) is 19.4. The predicted molar refractivity (Wildman–Crippen MR) is 134 cm³/mol. The highest BCUT2D eigenvalue weighted by Crippen LogP contribution is 2.33. The van der Waals surface area contributed by atoms with Gasteiger partial charge in [0.25, 0.3) is 15.9 Å². The Morgan fingerprint density at radius 1 is 1.11 bits per heavy atom. The molecule has 0 radical (unpaired) electrons. The zero-order valence-corrected chi connectivity index (χ0v) is 21.0. The van der Waals surface area contributed by atoms with Crippen LogP contribution >= 0.6 is 11.6 Å². The van der Waals surface area contributed by atoms with Crippen LogP contribution in [0.15, 0.2) is 71.6 Å². The standard InChI is InChI=1S/C25H23ClN2O7S/c1-16-13-19(36(31,32)27-18-9-7-17(26)8-10-18)11-12-21(16)34-15-24(29)28-14-23(25(30)33-2)35-22-6-4-3-5-20(22)28/h3-13,23,27H,14-15H2,1-2H3/t23-/m0/s1. The Morgan fingerprint density at radius 2 is 1.83 bits per heavy atom. The molecule has 1 atom stereocenters. The van der Waals surface area contributed by atoms with Gasteiger partial charge in [0, 0.05) is 10.7 Å². The van der Waals surface area contributed by atoms with Gasteiger partial charge in [-0.2, -0.15) is 0 Å². The number of rotatable bonds is 7. The van der Waals surface area contributed by atoms with E-state index >= 15 is 0 Å². The monoisotopic (exact) mass is 530 g/mol. The Bertz CT molecular complexity index is 1390. The van der Waals surface area contributed by atoms with E-state index in [4.69, 9.17) is 25.8 Å². The third-order valence-corrected chi connectivity index (χ3v) is 7.07.